The Labute approximate surface area is 135 Å². The quantitative estimate of drug-likeness (QED) is 0.644. The van der Waals surface area contributed by atoms with Crippen LogP contribution in [0.1, 0.15) is 20.7 Å². The second-order valence-corrected chi connectivity index (χ2v) is 5.28. The third kappa shape index (κ3) is 3.48. The van der Waals surface area contributed by atoms with Crippen LogP contribution in [0.3, 0.4) is 0 Å². The molecule has 4 heteroatoms. The number of nitrogens with zero attached hydrogens (tertiary/aromatic N) is 1. The van der Waals surface area contributed by atoms with Gasteiger partial charge in [0.15, 0.2) is 0 Å². The Morgan fingerprint density at radius 2 is 1.57 bits per heavy atom. The van der Waals surface area contributed by atoms with Crippen molar-refractivity contribution < 1.29 is 14.3 Å². The van der Waals surface area contributed by atoms with E-state index in [1.54, 1.807) is 41.3 Å². The summed E-state index contributed by atoms with van der Waals surface area (Å²) < 4.78 is 5.34. The maximum Gasteiger partial charge on any atom is 0.338 e. The van der Waals surface area contributed by atoms with Crippen molar-refractivity contribution in [3.63, 3.8) is 0 Å². The molecule has 116 valence electrons. The second-order valence-electron chi connectivity index (χ2n) is 5.28. The standard InChI is InChI=1S/C19H17NO3/c21-18(15-8-3-1-4-9-15)20-13-7-12-17(20)14-23-19(22)16-10-5-2-6-11-16/h1-12,17H,13-14H2/t17-/m0/s1. The maximum atomic E-state index is 12.5. The van der Waals surface area contributed by atoms with Crippen LogP contribution >= 0.6 is 0 Å². The number of rotatable bonds is 4. The van der Waals surface area contributed by atoms with Crippen molar-refractivity contribution >= 4 is 11.9 Å². The van der Waals surface area contributed by atoms with Gasteiger partial charge in [-0.15, -0.1) is 0 Å². The van der Waals surface area contributed by atoms with Crippen LogP contribution in [0.2, 0.25) is 0 Å². The topological polar surface area (TPSA) is 46.6 Å². The van der Waals surface area contributed by atoms with Crippen molar-refractivity contribution in [2.75, 3.05) is 13.2 Å². The highest BCUT2D eigenvalue weighted by Crippen LogP contribution is 2.15. The van der Waals surface area contributed by atoms with E-state index in [4.69, 9.17) is 4.74 Å². The van der Waals surface area contributed by atoms with Crippen molar-refractivity contribution in [1.29, 1.82) is 0 Å². The summed E-state index contributed by atoms with van der Waals surface area (Å²) in [6.07, 6.45) is 3.82. The van der Waals surface area contributed by atoms with Gasteiger partial charge in [-0.1, -0.05) is 48.6 Å². The summed E-state index contributed by atoms with van der Waals surface area (Å²) in [5.41, 5.74) is 1.14. The lowest BCUT2D eigenvalue weighted by Gasteiger charge is -2.24. The molecule has 1 aliphatic heterocycles. The molecule has 2 aromatic carbocycles. The first-order valence-electron chi connectivity index (χ1n) is 7.50. The van der Waals surface area contributed by atoms with E-state index in [0.29, 0.717) is 17.7 Å². The predicted octanol–water partition coefficient (Wildman–Crippen LogP) is 2.92. The summed E-state index contributed by atoms with van der Waals surface area (Å²) in [7, 11) is 0. The van der Waals surface area contributed by atoms with Crippen molar-refractivity contribution in [2.24, 2.45) is 0 Å². The van der Waals surface area contributed by atoms with E-state index in [-0.39, 0.29) is 24.5 Å². The highest BCUT2D eigenvalue weighted by atomic mass is 16.5. The number of hydrogen-bond acceptors (Lipinski definition) is 3. The third-order valence-corrected chi connectivity index (χ3v) is 3.74. The van der Waals surface area contributed by atoms with Gasteiger partial charge in [0.25, 0.3) is 5.91 Å². The van der Waals surface area contributed by atoms with Crippen molar-refractivity contribution in [1.82, 2.24) is 4.90 Å². The first-order valence-corrected chi connectivity index (χ1v) is 7.50. The van der Waals surface area contributed by atoms with Gasteiger partial charge in [-0.3, -0.25) is 4.79 Å². The number of carbonyl (C=O) groups is 2. The predicted molar refractivity (Wildman–Crippen MR) is 87.1 cm³/mol. The number of ether oxygens (including phenoxy) is 1. The van der Waals surface area contributed by atoms with Gasteiger partial charge in [0.1, 0.15) is 6.61 Å². The fourth-order valence-corrected chi connectivity index (χ4v) is 2.52. The van der Waals surface area contributed by atoms with Crippen LogP contribution < -0.4 is 0 Å². The van der Waals surface area contributed by atoms with E-state index < -0.39 is 0 Å². The van der Waals surface area contributed by atoms with E-state index >= 15 is 0 Å². The summed E-state index contributed by atoms with van der Waals surface area (Å²) in [6, 6.07) is 17.7. The lowest BCUT2D eigenvalue weighted by Crippen LogP contribution is -2.39. The lowest BCUT2D eigenvalue weighted by atomic mass is 10.2. The monoisotopic (exact) mass is 307 g/mol. The molecule has 23 heavy (non-hydrogen) atoms. The Bertz CT molecular complexity index is 710. The zero-order valence-electron chi connectivity index (χ0n) is 12.6. The van der Waals surface area contributed by atoms with Crippen LogP contribution in [0, 0.1) is 0 Å². The molecule has 1 aliphatic rings. The van der Waals surface area contributed by atoms with Gasteiger partial charge in [0, 0.05) is 12.1 Å². The van der Waals surface area contributed by atoms with Gasteiger partial charge in [-0.2, -0.15) is 0 Å². The molecule has 1 heterocycles. The Morgan fingerprint density at radius 3 is 2.22 bits per heavy atom. The molecule has 2 aromatic rings. The molecule has 1 amide bonds. The summed E-state index contributed by atoms with van der Waals surface area (Å²) in [5, 5.41) is 0. The summed E-state index contributed by atoms with van der Waals surface area (Å²) in [4.78, 5) is 26.2. The molecular formula is C19H17NO3. The van der Waals surface area contributed by atoms with Crippen LogP contribution in [-0.4, -0.2) is 36.0 Å². The third-order valence-electron chi connectivity index (χ3n) is 3.74. The lowest BCUT2D eigenvalue weighted by molar-refractivity contribution is 0.0395. The average Bonchev–Trinajstić information content (AvgIpc) is 3.09. The zero-order chi connectivity index (χ0) is 16.1. The minimum absolute atomic E-state index is 0.0589. The average molecular weight is 307 g/mol. The van der Waals surface area contributed by atoms with Crippen molar-refractivity contribution in [3.05, 3.63) is 83.9 Å². The molecule has 0 unspecified atom stereocenters. The minimum Gasteiger partial charge on any atom is -0.460 e. The van der Waals surface area contributed by atoms with E-state index in [1.807, 2.05) is 36.4 Å². The smallest absolute Gasteiger partial charge is 0.338 e. The first-order chi connectivity index (χ1) is 11.3. The van der Waals surface area contributed by atoms with Crippen molar-refractivity contribution in [3.8, 4) is 0 Å². The molecule has 0 aromatic heterocycles. The summed E-state index contributed by atoms with van der Waals surface area (Å²) >= 11 is 0. The van der Waals surface area contributed by atoms with Crippen LogP contribution in [-0.2, 0) is 4.74 Å². The van der Waals surface area contributed by atoms with Gasteiger partial charge in [-0.25, -0.2) is 4.79 Å². The molecule has 0 radical (unpaired) electrons. The Morgan fingerprint density at radius 1 is 0.957 bits per heavy atom. The van der Waals surface area contributed by atoms with Crippen LogP contribution in [0.25, 0.3) is 0 Å². The first kappa shape index (κ1) is 15.0. The Hall–Kier alpha value is -2.88. The Kier molecular flexibility index (Phi) is 4.52. The van der Waals surface area contributed by atoms with Gasteiger partial charge in [-0.05, 0) is 24.3 Å². The molecular weight excluding hydrogens is 290 g/mol. The fraction of sp³-hybridized carbons (Fsp3) is 0.158. The molecule has 4 nitrogen and oxygen atoms in total. The molecule has 0 fully saturated rings. The van der Waals surface area contributed by atoms with Gasteiger partial charge >= 0.3 is 5.97 Å². The fourth-order valence-electron chi connectivity index (χ4n) is 2.52. The maximum absolute atomic E-state index is 12.5. The molecule has 0 N–H and O–H groups in total. The number of amides is 1. The van der Waals surface area contributed by atoms with Crippen LogP contribution in [0.15, 0.2) is 72.8 Å². The molecule has 0 aliphatic carbocycles. The van der Waals surface area contributed by atoms with E-state index in [1.165, 1.54) is 0 Å². The second kappa shape index (κ2) is 6.92. The van der Waals surface area contributed by atoms with Gasteiger partial charge in [0.05, 0.1) is 11.6 Å². The van der Waals surface area contributed by atoms with E-state index in [2.05, 4.69) is 0 Å². The van der Waals surface area contributed by atoms with E-state index in [9.17, 15) is 9.59 Å². The molecule has 0 bridgehead atoms. The zero-order valence-corrected chi connectivity index (χ0v) is 12.6. The van der Waals surface area contributed by atoms with Gasteiger partial charge in [0.2, 0.25) is 0 Å². The highest BCUT2D eigenvalue weighted by molar-refractivity contribution is 5.95. The number of hydrogen-bond donors (Lipinski definition) is 0. The van der Waals surface area contributed by atoms with Crippen molar-refractivity contribution in [2.45, 2.75) is 6.04 Å². The Balaban J connectivity index is 1.62. The molecule has 0 saturated heterocycles. The SMILES string of the molecule is O=C(OC[C@@H]1C=CCN1C(=O)c1ccccc1)c1ccccc1. The van der Waals surface area contributed by atoms with Gasteiger partial charge < -0.3 is 9.64 Å². The minimum atomic E-state index is -0.377. The summed E-state index contributed by atoms with van der Waals surface area (Å²) in [5.74, 6) is -0.436. The molecule has 1 atom stereocenters. The van der Waals surface area contributed by atoms with Crippen LogP contribution in [0.5, 0.6) is 0 Å². The molecule has 0 saturated carbocycles. The number of carbonyl (C=O) groups excluding carboxylic acids is 2. The normalized spacial score (nSPS) is 16.3. The van der Waals surface area contributed by atoms with E-state index in [0.717, 1.165) is 0 Å². The molecule has 3 rings (SSSR count). The number of benzene rings is 2. The highest BCUT2D eigenvalue weighted by Gasteiger charge is 2.26. The van der Waals surface area contributed by atoms with Crippen LogP contribution in [0.4, 0.5) is 0 Å². The molecule has 0 spiro atoms. The summed E-state index contributed by atoms with van der Waals surface area (Å²) in [6.45, 7) is 0.685. The largest absolute Gasteiger partial charge is 0.460 e. The number of esters is 1.